The first-order chi connectivity index (χ1) is 9.88. The van der Waals surface area contributed by atoms with Gasteiger partial charge in [0.2, 0.25) is 0 Å². The van der Waals surface area contributed by atoms with Crippen molar-refractivity contribution in [2.75, 3.05) is 5.32 Å². The summed E-state index contributed by atoms with van der Waals surface area (Å²) >= 11 is 6.68. The smallest absolute Gasteiger partial charge is 0.387 e. The molecule has 0 atom stereocenters. The Morgan fingerprint density at radius 3 is 2.86 bits per heavy atom. The zero-order valence-electron chi connectivity index (χ0n) is 10.6. The molecule has 112 valence electrons. The lowest BCUT2D eigenvalue weighted by Crippen LogP contribution is -2.19. The van der Waals surface area contributed by atoms with Crippen LogP contribution >= 0.6 is 22.9 Å². The van der Waals surface area contributed by atoms with Crippen LogP contribution < -0.4 is 15.6 Å². The number of nitrogens with one attached hydrogen (secondary N) is 1. The van der Waals surface area contributed by atoms with E-state index in [4.69, 9.17) is 11.6 Å². The minimum Gasteiger partial charge on any atom is -0.433 e. The highest BCUT2D eigenvalue weighted by molar-refractivity contribution is 7.12. The molecule has 0 saturated heterocycles. The van der Waals surface area contributed by atoms with Crippen LogP contribution in [0.5, 0.6) is 5.75 Å². The van der Waals surface area contributed by atoms with E-state index in [0.29, 0.717) is 0 Å². The van der Waals surface area contributed by atoms with Crippen LogP contribution in [0.25, 0.3) is 0 Å². The minimum atomic E-state index is -3.02. The van der Waals surface area contributed by atoms with Crippen molar-refractivity contribution in [3.05, 3.63) is 44.0 Å². The molecule has 0 radical (unpaired) electrons. The number of carbonyl (C=O) groups is 1. The molecule has 5 nitrogen and oxygen atoms in total. The maximum atomic E-state index is 12.2. The second-order valence-electron chi connectivity index (χ2n) is 3.94. The van der Waals surface area contributed by atoms with Crippen molar-refractivity contribution in [1.29, 1.82) is 0 Å². The van der Waals surface area contributed by atoms with Crippen molar-refractivity contribution in [2.24, 2.45) is 7.05 Å². The molecule has 1 N–H and O–H groups in total. The number of hydrogen-bond donors (Lipinski definition) is 1. The molecule has 2 aromatic heterocycles. The van der Waals surface area contributed by atoms with E-state index in [1.54, 1.807) is 0 Å². The van der Waals surface area contributed by atoms with Crippen LogP contribution in [0.4, 0.5) is 14.5 Å². The van der Waals surface area contributed by atoms with E-state index in [9.17, 15) is 18.4 Å². The van der Waals surface area contributed by atoms with Gasteiger partial charge in [-0.25, -0.2) is 0 Å². The summed E-state index contributed by atoms with van der Waals surface area (Å²) < 4.78 is 29.9. The van der Waals surface area contributed by atoms with E-state index in [1.165, 1.54) is 35.3 Å². The van der Waals surface area contributed by atoms with Gasteiger partial charge < -0.3 is 14.6 Å². The summed E-state index contributed by atoms with van der Waals surface area (Å²) in [7, 11) is 1.47. The van der Waals surface area contributed by atoms with Crippen LogP contribution in [0.15, 0.2) is 28.5 Å². The molecule has 0 saturated carbocycles. The monoisotopic (exact) mass is 334 g/mol. The van der Waals surface area contributed by atoms with E-state index in [2.05, 4.69) is 10.1 Å². The maximum absolute atomic E-state index is 12.2. The molecule has 0 unspecified atom stereocenters. The zero-order valence-corrected chi connectivity index (χ0v) is 12.2. The number of carbonyl (C=O) groups excluding carboxylic acids is 1. The predicted molar refractivity (Wildman–Crippen MR) is 75.6 cm³/mol. The van der Waals surface area contributed by atoms with Gasteiger partial charge in [-0.1, -0.05) is 11.6 Å². The second kappa shape index (κ2) is 6.23. The number of anilines is 1. The van der Waals surface area contributed by atoms with Crippen LogP contribution in [0.2, 0.25) is 5.02 Å². The predicted octanol–water partition coefficient (Wildman–Crippen LogP) is 2.95. The first kappa shape index (κ1) is 15.5. The third kappa shape index (κ3) is 3.59. The summed E-state index contributed by atoms with van der Waals surface area (Å²) in [6.07, 6.45) is 1.37. The minimum absolute atomic E-state index is 0.000255. The van der Waals surface area contributed by atoms with Gasteiger partial charge in [0.1, 0.15) is 15.6 Å². The fourth-order valence-corrected chi connectivity index (χ4v) is 2.55. The summed E-state index contributed by atoms with van der Waals surface area (Å²) in [5.74, 6) is -0.834. The van der Waals surface area contributed by atoms with E-state index in [0.717, 1.165) is 11.3 Å². The summed E-state index contributed by atoms with van der Waals surface area (Å²) in [5.41, 5.74) is -0.143. The molecule has 2 heterocycles. The van der Waals surface area contributed by atoms with Crippen molar-refractivity contribution in [3.8, 4) is 5.75 Å². The van der Waals surface area contributed by atoms with Gasteiger partial charge in [0, 0.05) is 13.2 Å². The lowest BCUT2D eigenvalue weighted by molar-refractivity contribution is -0.0498. The molecule has 9 heteroatoms. The third-order valence-electron chi connectivity index (χ3n) is 2.45. The first-order valence-corrected chi connectivity index (χ1v) is 6.84. The van der Waals surface area contributed by atoms with Gasteiger partial charge in [0.25, 0.3) is 11.5 Å². The molecule has 0 aliphatic rings. The molecule has 2 rings (SSSR count). The van der Waals surface area contributed by atoms with Gasteiger partial charge in [-0.05, 0) is 17.5 Å². The van der Waals surface area contributed by atoms with E-state index in [1.807, 2.05) is 0 Å². The fourth-order valence-electron chi connectivity index (χ4n) is 1.58. The molecule has 0 aliphatic heterocycles. The molecule has 0 fully saturated rings. The summed E-state index contributed by atoms with van der Waals surface area (Å²) in [6.45, 7) is -3.02. The molecule has 2 aromatic rings. The number of ether oxygens (including phenoxy) is 1. The number of hydrogen-bond acceptors (Lipinski definition) is 4. The summed E-state index contributed by atoms with van der Waals surface area (Å²) in [6, 6.07) is 2.56. The topological polar surface area (TPSA) is 60.3 Å². The van der Waals surface area contributed by atoms with Crippen LogP contribution in [-0.4, -0.2) is 17.1 Å². The number of rotatable bonds is 4. The van der Waals surface area contributed by atoms with Gasteiger partial charge in [-0.15, -0.1) is 11.3 Å². The molecule has 0 aromatic carbocycles. The number of nitrogens with zero attached hydrogens (tertiary/aromatic N) is 1. The normalized spacial score (nSPS) is 10.7. The Kier molecular flexibility index (Phi) is 4.59. The standard InChI is InChI=1S/C12H9ClF2N2O3S/c1-17-5-6(4-7(13)11(17)19)16-10(18)9-8(2-3-21-9)20-12(14)15/h2-5,12H,1H3,(H,16,18). The number of alkyl halides is 2. The van der Waals surface area contributed by atoms with E-state index >= 15 is 0 Å². The fraction of sp³-hybridized carbons (Fsp3) is 0.167. The highest BCUT2D eigenvalue weighted by Gasteiger charge is 2.18. The quantitative estimate of drug-likeness (QED) is 0.935. The average molecular weight is 335 g/mol. The summed E-state index contributed by atoms with van der Waals surface area (Å²) in [5, 5.41) is 3.86. The van der Waals surface area contributed by atoms with Gasteiger partial charge >= 0.3 is 6.61 Å². The van der Waals surface area contributed by atoms with Crippen molar-refractivity contribution < 1.29 is 18.3 Å². The highest BCUT2D eigenvalue weighted by Crippen LogP contribution is 2.27. The number of aryl methyl sites for hydroxylation is 1. The number of amides is 1. The number of pyridine rings is 1. The Hall–Kier alpha value is -1.93. The Labute approximate surface area is 126 Å². The molecule has 21 heavy (non-hydrogen) atoms. The van der Waals surface area contributed by atoms with Crippen molar-refractivity contribution in [3.63, 3.8) is 0 Å². The number of halogens is 3. The van der Waals surface area contributed by atoms with Crippen LogP contribution in [0.1, 0.15) is 9.67 Å². The van der Waals surface area contributed by atoms with Gasteiger partial charge in [-0.3, -0.25) is 9.59 Å². The highest BCUT2D eigenvalue weighted by atomic mass is 35.5. The Morgan fingerprint density at radius 1 is 1.52 bits per heavy atom. The maximum Gasteiger partial charge on any atom is 0.387 e. The second-order valence-corrected chi connectivity index (χ2v) is 5.26. The van der Waals surface area contributed by atoms with Crippen LogP contribution in [0.3, 0.4) is 0 Å². The van der Waals surface area contributed by atoms with E-state index < -0.39 is 18.1 Å². The lowest BCUT2D eigenvalue weighted by Gasteiger charge is -2.08. The Bertz CT molecular complexity index is 703. The third-order valence-corrected chi connectivity index (χ3v) is 3.61. The lowest BCUT2D eigenvalue weighted by atomic mass is 10.3. The van der Waals surface area contributed by atoms with E-state index in [-0.39, 0.29) is 21.3 Å². The SMILES string of the molecule is Cn1cc(NC(=O)c2sccc2OC(F)F)cc(Cl)c1=O. The molecular weight excluding hydrogens is 326 g/mol. The largest absolute Gasteiger partial charge is 0.433 e. The summed E-state index contributed by atoms with van der Waals surface area (Å²) in [4.78, 5) is 23.5. The van der Waals surface area contributed by atoms with Gasteiger partial charge in [0.15, 0.2) is 0 Å². The molecular formula is C12H9ClF2N2O3S. The zero-order chi connectivity index (χ0) is 15.6. The number of aromatic nitrogens is 1. The Balaban J connectivity index is 2.23. The number of thiophene rings is 1. The van der Waals surface area contributed by atoms with Crippen LogP contribution in [-0.2, 0) is 7.05 Å². The molecule has 0 spiro atoms. The molecule has 0 bridgehead atoms. The van der Waals surface area contributed by atoms with Crippen molar-refractivity contribution >= 4 is 34.5 Å². The van der Waals surface area contributed by atoms with Crippen molar-refractivity contribution in [2.45, 2.75) is 6.61 Å². The Morgan fingerprint density at radius 2 is 2.24 bits per heavy atom. The average Bonchev–Trinajstić information content (AvgIpc) is 2.83. The van der Waals surface area contributed by atoms with Gasteiger partial charge in [0.05, 0.1) is 5.69 Å². The first-order valence-electron chi connectivity index (χ1n) is 5.58. The molecule has 1 amide bonds. The molecule has 0 aliphatic carbocycles. The van der Waals surface area contributed by atoms with Gasteiger partial charge in [-0.2, -0.15) is 8.78 Å². The van der Waals surface area contributed by atoms with Crippen molar-refractivity contribution in [1.82, 2.24) is 4.57 Å². The van der Waals surface area contributed by atoms with Crippen LogP contribution in [0, 0.1) is 0 Å².